The van der Waals surface area contributed by atoms with E-state index in [-0.39, 0.29) is 17.9 Å². The van der Waals surface area contributed by atoms with Crippen LogP contribution >= 0.6 is 63.7 Å². The van der Waals surface area contributed by atoms with E-state index in [1.807, 2.05) is 0 Å². The van der Waals surface area contributed by atoms with Crippen LogP contribution in [0.1, 0.15) is 0 Å². The maximum Gasteiger partial charge on any atom is 0.266 e. The Hall–Kier alpha value is -0.320. The van der Waals surface area contributed by atoms with Crippen LogP contribution in [0.15, 0.2) is 17.9 Å². The van der Waals surface area contributed by atoms with Gasteiger partial charge in [-0.15, -0.1) is 0 Å². The molecule has 18 heavy (non-hydrogen) atoms. The van der Waals surface area contributed by atoms with E-state index in [2.05, 4.69) is 74.4 Å². The highest BCUT2D eigenvalue weighted by molar-refractivity contribution is 9.15. The third kappa shape index (κ3) is 3.37. The third-order valence-electron chi connectivity index (χ3n) is 1.64. The van der Waals surface area contributed by atoms with Crippen molar-refractivity contribution in [2.75, 3.05) is 0 Å². The van der Waals surface area contributed by atoms with Crippen molar-refractivity contribution in [1.82, 2.24) is 10.6 Å². The van der Waals surface area contributed by atoms with Crippen molar-refractivity contribution in [3.8, 4) is 0 Å². The SMILES string of the molecule is O=C1NC(=O)C(Br)=C1Br.O=C1NC(=O)C(Br)=C1Br. The van der Waals surface area contributed by atoms with Crippen LogP contribution in [-0.4, -0.2) is 23.6 Å². The molecule has 6 nitrogen and oxygen atoms in total. The fourth-order valence-corrected chi connectivity index (χ4v) is 1.94. The predicted molar refractivity (Wildman–Crippen MR) is 76.1 cm³/mol. The summed E-state index contributed by atoms with van der Waals surface area (Å²) in [5, 5.41) is 4.14. The first-order valence-electron chi connectivity index (χ1n) is 4.07. The smallest absolute Gasteiger partial charge is 0.266 e. The molecule has 0 aromatic rings. The zero-order valence-corrected chi connectivity index (χ0v) is 14.5. The van der Waals surface area contributed by atoms with Crippen LogP contribution in [0.25, 0.3) is 0 Å². The molecule has 0 spiro atoms. The number of hydrogen-bond acceptors (Lipinski definition) is 4. The van der Waals surface area contributed by atoms with E-state index in [0.29, 0.717) is 0 Å². The molecule has 0 unspecified atom stereocenters. The second-order valence-corrected chi connectivity index (χ2v) is 5.99. The number of carbonyl (C=O) groups excluding carboxylic acids is 4. The molecule has 10 heteroatoms. The summed E-state index contributed by atoms with van der Waals surface area (Å²) in [4.78, 5) is 42.1. The molecule has 4 amide bonds. The van der Waals surface area contributed by atoms with Crippen LogP contribution in [0, 0.1) is 0 Å². The minimum absolute atomic E-state index is 0.257. The van der Waals surface area contributed by atoms with Gasteiger partial charge in [0.1, 0.15) is 17.9 Å². The average Bonchev–Trinajstić information content (AvgIpc) is 2.66. The average molecular weight is 510 g/mol. The lowest BCUT2D eigenvalue weighted by molar-refractivity contribution is -0.125. The van der Waals surface area contributed by atoms with E-state index >= 15 is 0 Å². The van der Waals surface area contributed by atoms with Gasteiger partial charge in [-0.3, -0.25) is 29.8 Å². The molecule has 0 bridgehead atoms. The molecule has 0 aliphatic carbocycles. The second kappa shape index (κ2) is 6.22. The zero-order valence-electron chi connectivity index (χ0n) is 8.14. The molecule has 2 aliphatic heterocycles. The van der Waals surface area contributed by atoms with Gasteiger partial charge in [-0.2, -0.15) is 0 Å². The Morgan fingerprint density at radius 2 is 0.667 bits per heavy atom. The second-order valence-electron chi connectivity index (χ2n) is 2.82. The number of halogens is 4. The fraction of sp³-hybridized carbons (Fsp3) is 0. The predicted octanol–water partition coefficient (Wildman–Crippen LogP) is 1.29. The highest BCUT2D eigenvalue weighted by Gasteiger charge is 2.26. The summed E-state index contributed by atoms with van der Waals surface area (Å²) in [7, 11) is 0. The van der Waals surface area contributed by atoms with Crippen LogP contribution in [0.4, 0.5) is 0 Å². The summed E-state index contributed by atoms with van der Waals surface area (Å²) in [6.45, 7) is 0. The van der Waals surface area contributed by atoms with Gasteiger partial charge in [0, 0.05) is 0 Å². The van der Waals surface area contributed by atoms with Gasteiger partial charge in [-0.25, -0.2) is 0 Å². The maximum atomic E-state index is 10.5. The zero-order chi connectivity index (χ0) is 14.0. The highest BCUT2D eigenvalue weighted by Crippen LogP contribution is 2.23. The number of carbonyl (C=O) groups is 4. The number of rotatable bonds is 0. The van der Waals surface area contributed by atoms with Crippen LogP contribution in [0.2, 0.25) is 0 Å². The Morgan fingerprint density at radius 1 is 0.500 bits per heavy atom. The van der Waals surface area contributed by atoms with Crippen molar-refractivity contribution < 1.29 is 19.2 Å². The molecule has 0 aromatic heterocycles. The van der Waals surface area contributed by atoms with Crippen LogP contribution in [-0.2, 0) is 19.2 Å². The summed E-state index contributed by atoms with van der Waals surface area (Å²) in [6, 6.07) is 0. The van der Waals surface area contributed by atoms with E-state index < -0.39 is 23.6 Å². The minimum atomic E-state index is -0.396. The molecule has 0 saturated carbocycles. The van der Waals surface area contributed by atoms with Crippen molar-refractivity contribution in [2.45, 2.75) is 0 Å². The molecular formula is C8H2Br4N2O4. The Kier molecular flexibility index (Phi) is 5.44. The Morgan fingerprint density at radius 3 is 0.722 bits per heavy atom. The topological polar surface area (TPSA) is 92.3 Å². The van der Waals surface area contributed by atoms with Gasteiger partial charge in [0.2, 0.25) is 0 Å². The molecule has 0 fully saturated rings. The Labute approximate surface area is 134 Å². The van der Waals surface area contributed by atoms with Gasteiger partial charge in [0.25, 0.3) is 23.6 Å². The first-order chi connectivity index (χ1) is 8.25. The maximum absolute atomic E-state index is 10.5. The van der Waals surface area contributed by atoms with E-state index in [1.165, 1.54) is 0 Å². The van der Waals surface area contributed by atoms with Crippen LogP contribution < -0.4 is 10.6 Å². The molecule has 2 rings (SSSR count). The van der Waals surface area contributed by atoms with Gasteiger partial charge in [-0.05, 0) is 63.7 Å². The lowest BCUT2D eigenvalue weighted by atomic mass is 10.6. The Bertz CT molecular complexity index is 445. The van der Waals surface area contributed by atoms with Gasteiger partial charge < -0.3 is 0 Å². The first-order valence-corrected chi connectivity index (χ1v) is 7.24. The molecular weight excluding hydrogens is 508 g/mol. The number of imide groups is 2. The van der Waals surface area contributed by atoms with Crippen LogP contribution in [0.3, 0.4) is 0 Å². The first kappa shape index (κ1) is 15.7. The molecule has 0 radical (unpaired) electrons. The van der Waals surface area contributed by atoms with Gasteiger partial charge in [0.05, 0.1) is 0 Å². The summed E-state index contributed by atoms with van der Waals surface area (Å²) in [6.07, 6.45) is 0. The highest BCUT2D eigenvalue weighted by atomic mass is 79.9. The summed E-state index contributed by atoms with van der Waals surface area (Å²) in [5.74, 6) is -1.59. The van der Waals surface area contributed by atoms with Gasteiger partial charge >= 0.3 is 0 Å². The van der Waals surface area contributed by atoms with Crippen molar-refractivity contribution in [3.63, 3.8) is 0 Å². The summed E-state index contributed by atoms with van der Waals surface area (Å²) >= 11 is 11.6. The van der Waals surface area contributed by atoms with Crippen molar-refractivity contribution in [2.24, 2.45) is 0 Å². The van der Waals surface area contributed by atoms with Crippen molar-refractivity contribution in [1.29, 1.82) is 0 Å². The summed E-state index contributed by atoms with van der Waals surface area (Å²) in [5.41, 5.74) is 0. The Balaban J connectivity index is 0.000000180. The molecule has 0 atom stereocenters. The number of nitrogens with one attached hydrogen (secondary N) is 2. The molecule has 2 heterocycles. The monoisotopic (exact) mass is 506 g/mol. The lowest BCUT2D eigenvalue weighted by Gasteiger charge is -1.83. The van der Waals surface area contributed by atoms with E-state index in [1.54, 1.807) is 0 Å². The largest absolute Gasteiger partial charge is 0.287 e. The standard InChI is InChI=1S/2C4HBr2NO2/c2*5-1-2(6)4(9)7-3(1)8/h2*(H,7,8,9). The number of amides is 4. The molecule has 96 valence electrons. The molecule has 2 N–H and O–H groups in total. The van der Waals surface area contributed by atoms with E-state index in [9.17, 15) is 19.2 Å². The van der Waals surface area contributed by atoms with Crippen molar-refractivity contribution >= 4 is 87.3 Å². The van der Waals surface area contributed by atoms with Crippen molar-refractivity contribution in [3.05, 3.63) is 17.9 Å². The minimum Gasteiger partial charge on any atom is -0.287 e. The number of hydrogen-bond donors (Lipinski definition) is 2. The summed E-state index contributed by atoms with van der Waals surface area (Å²) < 4.78 is 1.03. The van der Waals surface area contributed by atoms with Gasteiger partial charge in [-0.1, -0.05) is 0 Å². The fourth-order valence-electron chi connectivity index (χ4n) is 0.824. The van der Waals surface area contributed by atoms with Gasteiger partial charge in [0.15, 0.2) is 0 Å². The molecule has 2 aliphatic rings. The molecule has 0 saturated heterocycles. The third-order valence-corrected chi connectivity index (χ3v) is 5.73. The lowest BCUT2D eigenvalue weighted by Crippen LogP contribution is -2.21. The normalized spacial score (nSPS) is 18.9. The quantitative estimate of drug-likeness (QED) is 0.482. The molecule has 0 aromatic carbocycles. The van der Waals surface area contributed by atoms with E-state index in [0.717, 1.165) is 0 Å². The van der Waals surface area contributed by atoms with E-state index in [4.69, 9.17) is 0 Å². The van der Waals surface area contributed by atoms with Crippen LogP contribution in [0.5, 0.6) is 0 Å².